The Morgan fingerprint density at radius 1 is 1.00 bits per heavy atom. The van der Waals surface area contributed by atoms with Crippen molar-refractivity contribution in [2.24, 2.45) is 0 Å². The van der Waals surface area contributed by atoms with Gasteiger partial charge >= 0.3 is 0 Å². The fraction of sp³-hybridized carbons (Fsp3) is 0.333. The lowest BCUT2D eigenvalue weighted by atomic mass is 9.86. The van der Waals surface area contributed by atoms with Crippen LogP contribution in [0.1, 0.15) is 43.6 Å². The topological polar surface area (TPSA) is 29.5 Å². The largest absolute Gasteiger partial charge is 0.494 e. The average Bonchev–Trinajstić information content (AvgIpc) is 2.45. The predicted molar refractivity (Wildman–Crippen MR) is 82.2 cm³/mol. The molecular formula is C18H21FO2. The first kappa shape index (κ1) is 15.5. The van der Waals surface area contributed by atoms with Crippen LogP contribution in [0.4, 0.5) is 4.39 Å². The second kappa shape index (κ2) is 5.86. The van der Waals surface area contributed by atoms with Crippen LogP contribution in [0, 0.1) is 5.82 Å². The molecule has 0 radical (unpaired) electrons. The van der Waals surface area contributed by atoms with Crippen molar-refractivity contribution in [3.05, 3.63) is 65.0 Å². The van der Waals surface area contributed by atoms with Crippen molar-refractivity contribution in [3.63, 3.8) is 0 Å². The molecule has 2 nitrogen and oxygen atoms in total. The highest BCUT2D eigenvalue weighted by Crippen LogP contribution is 2.28. The van der Waals surface area contributed by atoms with Crippen LogP contribution < -0.4 is 4.74 Å². The van der Waals surface area contributed by atoms with Gasteiger partial charge in [0, 0.05) is 0 Å². The summed E-state index contributed by atoms with van der Waals surface area (Å²) in [4.78, 5) is 0. The molecule has 0 heterocycles. The molecular weight excluding hydrogens is 267 g/mol. The van der Waals surface area contributed by atoms with Gasteiger partial charge in [0.25, 0.3) is 0 Å². The molecule has 1 atom stereocenters. The highest BCUT2D eigenvalue weighted by atomic mass is 19.1. The van der Waals surface area contributed by atoms with Crippen LogP contribution in [0.3, 0.4) is 0 Å². The van der Waals surface area contributed by atoms with Crippen LogP contribution in [0.15, 0.2) is 42.5 Å². The number of rotatable bonds is 3. The fourth-order valence-electron chi connectivity index (χ4n) is 2.21. The molecule has 0 aliphatic heterocycles. The molecule has 2 rings (SSSR count). The maximum atomic E-state index is 13.7. The van der Waals surface area contributed by atoms with Crippen LogP contribution in [0.5, 0.6) is 5.75 Å². The normalized spacial score (nSPS) is 13.0. The molecule has 0 saturated heterocycles. The zero-order chi connectivity index (χ0) is 15.6. The first-order chi connectivity index (χ1) is 9.82. The molecule has 0 bridgehead atoms. The molecule has 0 amide bonds. The molecule has 0 spiro atoms. The van der Waals surface area contributed by atoms with E-state index in [4.69, 9.17) is 4.74 Å². The second-order valence-corrected chi connectivity index (χ2v) is 6.17. The summed E-state index contributed by atoms with van der Waals surface area (Å²) >= 11 is 0. The van der Waals surface area contributed by atoms with Gasteiger partial charge < -0.3 is 9.84 Å². The Kier molecular flexibility index (Phi) is 4.33. The van der Waals surface area contributed by atoms with Crippen LogP contribution in [0.2, 0.25) is 0 Å². The Morgan fingerprint density at radius 2 is 1.57 bits per heavy atom. The van der Waals surface area contributed by atoms with Gasteiger partial charge in [0.05, 0.1) is 7.11 Å². The first-order valence-electron chi connectivity index (χ1n) is 6.95. The minimum atomic E-state index is -0.848. The Hall–Kier alpha value is -1.87. The summed E-state index contributed by atoms with van der Waals surface area (Å²) in [5, 5.41) is 10.4. The van der Waals surface area contributed by atoms with E-state index in [1.807, 2.05) is 24.3 Å². The third-order valence-corrected chi connectivity index (χ3v) is 3.58. The lowest BCUT2D eigenvalue weighted by molar-refractivity contribution is 0.219. The number of benzene rings is 2. The Bertz CT molecular complexity index is 612. The van der Waals surface area contributed by atoms with Crippen LogP contribution in [0.25, 0.3) is 0 Å². The smallest absolute Gasteiger partial charge is 0.165 e. The van der Waals surface area contributed by atoms with Crippen molar-refractivity contribution in [2.45, 2.75) is 32.3 Å². The van der Waals surface area contributed by atoms with Gasteiger partial charge in [-0.1, -0.05) is 51.1 Å². The van der Waals surface area contributed by atoms with Crippen LogP contribution in [-0.4, -0.2) is 12.2 Å². The molecule has 112 valence electrons. The molecule has 0 aliphatic carbocycles. The first-order valence-corrected chi connectivity index (χ1v) is 6.95. The summed E-state index contributed by atoms with van der Waals surface area (Å²) in [7, 11) is 1.42. The van der Waals surface area contributed by atoms with Gasteiger partial charge in [-0.3, -0.25) is 0 Å². The Balaban J connectivity index is 2.27. The number of ether oxygens (including phenoxy) is 1. The average molecular weight is 288 g/mol. The monoisotopic (exact) mass is 288 g/mol. The number of methoxy groups -OCH3 is 1. The molecule has 2 aromatic rings. The van der Waals surface area contributed by atoms with E-state index in [1.165, 1.54) is 24.8 Å². The maximum Gasteiger partial charge on any atom is 0.165 e. The minimum Gasteiger partial charge on any atom is -0.494 e. The van der Waals surface area contributed by atoms with Gasteiger partial charge in [0.2, 0.25) is 0 Å². The van der Waals surface area contributed by atoms with Crippen molar-refractivity contribution in [1.82, 2.24) is 0 Å². The number of halogens is 1. The lowest BCUT2D eigenvalue weighted by Gasteiger charge is -2.20. The highest BCUT2D eigenvalue weighted by molar-refractivity contribution is 5.37. The maximum absolute atomic E-state index is 13.7. The molecule has 0 aromatic heterocycles. The van der Waals surface area contributed by atoms with Crippen molar-refractivity contribution in [3.8, 4) is 5.75 Å². The van der Waals surface area contributed by atoms with Gasteiger partial charge in [-0.15, -0.1) is 0 Å². The van der Waals surface area contributed by atoms with Gasteiger partial charge in [-0.25, -0.2) is 4.39 Å². The van der Waals surface area contributed by atoms with Gasteiger partial charge in [0.15, 0.2) is 11.6 Å². The Morgan fingerprint density at radius 3 is 2.05 bits per heavy atom. The number of aliphatic hydroxyl groups excluding tert-OH is 1. The lowest BCUT2D eigenvalue weighted by Crippen LogP contribution is -2.11. The number of hydrogen-bond donors (Lipinski definition) is 1. The van der Waals surface area contributed by atoms with Gasteiger partial charge in [-0.05, 0) is 34.2 Å². The third kappa shape index (κ3) is 3.42. The molecule has 2 aromatic carbocycles. The Labute approximate surface area is 125 Å². The summed E-state index contributed by atoms with van der Waals surface area (Å²) in [6, 6.07) is 12.3. The fourth-order valence-corrected chi connectivity index (χ4v) is 2.21. The van der Waals surface area contributed by atoms with E-state index < -0.39 is 11.9 Å². The molecule has 1 unspecified atom stereocenters. The summed E-state index contributed by atoms with van der Waals surface area (Å²) < 4.78 is 18.6. The predicted octanol–water partition coefficient (Wildman–Crippen LogP) is 4.21. The SMILES string of the molecule is COc1ccc(C(O)c2ccc(C(C)(C)C)cc2)cc1F. The van der Waals surface area contributed by atoms with Crippen LogP contribution >= 0.6 is 0 Å². The summed E-state index contributed by atoms with van der Waals surface area (Å²) in [5.74, 6) is -0.297. The standard InChI is InChI=1S/C18H21FO2/c1-18(2,3)14-8-5-12(6-9-14)17(20)13-7-10-16(21-4)15(19)11-13/h5-11,17,20H,1-4H3. The second-order valence-electron chi connectivity index (χ2n) is 6.17. The molecule has 0 saturated carbocycles. The zero-order valence-electron chi connectivity index (χ0n) is 12.9. The van der Waals surface area contributed by atoms with Crippen molar-refractivity contribution < 1.29 is 14.2 Å². The van der Waals surface area contributed by atoms with E-state index >= 15 is 0 Å². The van der Waals surface area contributed by atoms with E-state index in [0.717, 1.165) is 5.56 Å². The van der Waals surface area contributed by atoms with Gasteiger partial charge in [-0.2, -0.15) is 0 Å². The van der Waals surface area contributed by atoms with Crippen molar-refractivity contribution in [2.75, 3.05) is 7.11 Å². The van der Waals surface area contributed by atoms with E-state index in [9.17, 15) is 9.50 Å². The summed E-state index contributed by atoms with van der Waals surface area (Å²) in [6.07, 6.45) is -0.848. The highest BCUT2D eigenvalue weighted by Gasteiger charge is 2.16. The van der Waals surface area contributed by atoms with Crippen LogP contribution in [-0.2, 0) is 5.41 Å². The van der Waals surface area contributed by atoms with E-state index in [2.05, 4.69) is 20.8 Å². The molecule has 1 N–H and O–H groups in total. The molecule has 21 heavy (non-hydrogen) atoms. The summed E-state index contributed by atoms with van der Waals surface area (Å²) in [5.41, 5.74) is 2.51. The molecule has 0 fully saturated rings. The minimum absolute atomic E-state index is 0.0652. The van der Waals surface area contributed by atoms with Crippen molar-refractivity contribution >= 4 is 0 Å². The van der Waals surface area contributed by atoms with E-state index in [-0.39, 0.29) is 11.2 Å². The third-order valence-electron chi connectivity index (χ3n) is 3.58. The van der Waals surface area contributed by atoms with E-state index in [1.54, 1.807) is 6.07 Å². The zero-order valence-corrected chi connectivity index (χ0v) is 12.9. The molecule has 3 heteroatoms. The summed E-state index contributed by atoms with van der Waals surface area (Å²) in [6.45, 7) is 6.41. The quantitative estimate of drug-likeness (QED) is 0.916. The van der Waals surface area contributed by atoms with Crippen molar-refractivity contribution in [1.29, 1.82) is 0 Å². The van der Waals surface area contributed by atoms with Gasteiger partial charge in [0.1, 0.15) is 6.10 Å². The molecule has 0 aliphatic rings. The number of aliphatic hydroxyl groups is 1. The van der Waals surface area contributed by atoms with E-state index in [0.29, 0.717) is 5.56 Å². The number of hydrogen-bond acceptors (Lipinski definition) is 2.